The topological polar surface area (TPSA) is 43.4 Å². The molecule has 0 aromatic heterocycles. The molecule has 0 fully saturated rings. The summed E-state index contributed by atoms with van der Waals surface area (Å²) in [6.07, 6.45) is 2.35. The summed E-state index contributed by atoms with van der Waals surface area (Å²) in [6, 6.07) is 6.89. The Bertz CT molecular complexity index is 421. The zero-order valence-electron chi connectivity index (χ0n) is 9.94. The summed E-state index contributed by atoms with van der Waals surface area (Å²) in [6.45, 7) is 5.36. The van der Waals surface area contributed by atoms with Crippen LogP contribution in [-0.2, 0) is 4.74 Å². The highest BCUT2D eigenvalue weighted by atomic mass is 16.5. The van der Waals surface area contributed by atoms with E-state index in [1.54, 1.807) is 24.3 Å². The van der Waals surface area contributed by atoms with E-state index in [1.165, 1.54) is 13.2 Å². The average molecular weight is 232 g/mol. The Hall–Kier alpha value is -1.90. The lowest BCUT2D eigenvalue weighted by Crippen LogP contribution is -2.07. The molecule has 0 bridgehead atoms. The molecule has 17 heavy (non-hydrogen) atoms. The highest BCUT2D eigenvalue weighted by Crippen LogP contribution is 2.13. The lowest BCUT2D eigenvalue weighted by Gasteiger charge is -2.05. The van der Waals surface area contributed by atoms with Crippen LogP contribution in [0.1, 0.15) is 40.5 Å². The predicted octanol–water partition coefficient (Wildman–Crippen LogP) is 3.01. The second kappa shape index (κ2) is 6.63. The molecule has 0 aliphatic heterocycles. The summed E-state index contributed by atoms with van der Waals surface area (Å²) in [4.78, 5) is 23.3. The number of carbonyl (C=O) groups is 2. The number of ketones is 2. The summed E-state index contributed by atoms with van der Waals surface area (Å²) in [5.74, 6) is -0.111. The van der Waals surface area contributed by atoms with Crippen molar-refractivity contribution in [2.75, 3.05) is 6.61 Å². The first-order valence-electron chi connectivity index (χ1n) is 5.52. The number of benzene rings is 1. The molecule has 0 saturated heterocycles. The molecule has 0 atom stereocenters. The smallest absolute Gasteiger partial charge is 0.163 e. The minimum atomic E-state index is -0.0868. The fraction of sp³-hybridized carbons (Fsp3) is 0.286. The standard InChI is InChI=1S/C14H16O3/c1-3-17-10-6-9-14(16)13-8-5-4-7-12(13)11(2)15/h3-5,7-8H,1,6,9-10H2,2H3. The molecule has 0 unspecified atom stereocenters. The van der Waals surface area contributed by atoms with E-state index in [9.17, 15) is 9.59 Å². The summed E-state index contributed by atoms with van der Waals surface area (Å²) >= 11 is 0. The van der Waals surface area contributed by atoms with Gasteiger partial charge in [0.2, 0.25) is 0 Å². The van der Waals surface area contributed by atoms with E-state index >= 15 is 0 Å². The molecule has 1 rings (SSSR count). The lowest BCUT2D eigenvalue weighted by molar-refractivity contribution is 0.0952. The van der Waals surface area contributed by atoms with E-state index in [4.69, 9.17) is 4.74 Å². The minimum Gasteiger partial charge on any atom is -0.502 e. The van der Waals surface area contributed by atoms with Crippen LogP contribution in [0.15, 0.2) is 37.1 Å². The third-order valence-corrected chi connectivity index (χ3v) is 2.39. The van der Waals surface area contributed by atoms with Crippen molar-refractivity contribution in [2.45, 2.75) is 19.8 Å². The van der Waals surface area contributed by atoms with Crippen LogP contribution in [-0.4, -0.2) is 18.2 Å². The molecule has 0 saturated carbocycles. The Labute approximate surface area is 101 Å². The zero-order valence-corrected chi connectivity index (χ0v) is 9.94. The van der Waals surface area contributed by atoms with Gasteiger partial charge in [0.05, 0.1) is 12.9 Å². The molecule has 90 valence electrons. The first-order chi connectivity index (χ1) is 8.16. The highest BCUT2D eigenvalue weighted by Gasteiger charge is 2.13. The van der Waals surface area contributed by atoms with Crippen molar-refractivity contribution in [3.63, 3.8) is 0 Å². The molecule has 1 aromatic carbocycles. The molecule has 0 heterocycles. The largest absolute Gasteiger partial charge is 0.502 e. The van der Waals surface area contributed by atoms with Crippen LogP contribution in [0, 0.1) is 0 Å². The van der Waals surface area contributed by atoms with Crippen molar-refractivity contribution < 1.29 is 14.3 Å². The van der Waals surface area contributed by atoms with Crippen LogP contribution in [0.4, 0.5) is 0 Å². The van der Waals surface area contributed by atoms with E-state index in [0.717, 1.165) is 0 Å². The van der Waals surface area contributed by atoms with Crippen LogP contribution < -0.4 is 0 Å². The maximum absolute atomic E-state index is 11.9. The number of carbonyl (C=O) groups excluding carboxylic acids is 2. The van der Waals surface area contributed by atoms with Crippen molar-refractivity contribution in [2.24, 2.45) is 0 Å². The summed E-state index contributed by atoms with van der Waals surface area (Å²) in [5.41, 5.74) is 0.987. The van der Waals surface area contributed by atoms with Gasteiger partial charge in [-0.3, -0.25) is 9.59 Å². The molecule has 0 aliphatic carbocycles. The zero-order chi connectivity index (χ0) is 12.7. The predicted molar refractivity (Wildman–Crippen MR) is 66.2 cm³/mol. The SMILES string of the molecule is C=COCCCC(=O)c1ccccc1C(C)=O. The monoisotopic (exact) mass is 232 g/mol. The van der Waals surface area contributed by atoms with Crippen molar-refractivity contribution in [3.05, 3.63) is 48.2 Å². The van der Waals surface area contributed by atoms with Crippen LogP contribution in [0.25, 0.3) is 0 Å². The van der Waals surface area contributed by atoms with Crippen molar-refractivity contribution in [3.8, 4) is 0 Å². The van der Waals surface area contributed by atoms with Gasteiger partial charge in [-0.05, 0) is 13.3 Å². The summed E-state index contributed by atoms with van der Waals surface area (Å²) in [7, 11) is 0. The molecule has 3 heteroatoms. The summed E-state index contributed by atoms with van der Waals surface area (Å²) in [5, 5.41) is 0. The average Bonchev–Trinajstić information content (AvgIpc) is 2.34. The maximum Gasteiger partial charge on any atom is 0.163 e. The molecule has 0 amide bonds. The van der Waals surface area contributed by atoms with Gasteiger partial charge in [0, 0.05) is 17.5 Å². The highest BCUT2D eigenvalue weighted by molar-refractivity contribution is 6.07. The molecule has 0 radical (unpaired) electrons. The Kier molecular flexibility index (Phi) is 5.14. The molecular formula is C14H16O3. The molecule has 0 N–H and O–H groups in total. The molecule has 0 spiro atoms. The molecule has 3 nitrogen and oxygen atoms in total. The quantitative estimate of drug-likeness (QED) is 0.412. The molecule has 1 aromatic rings. The van der Waals surface area contributed by atoms with Crippen molar-refractivity contribution in [1.29, 1.82) is 0 Å². The van der Waals surface area contributed by atoms with Gasteiger partial charge in [-0.2, -0.15) is 0 Å². The van der Waals surface area contributed by atoms with E-state index in [0.29, 0.717) is 30.6 Å². The third-order valence-electron chi connectivity index (χ3n) is 2.39. The maximum atomic E-state index is 11.9. The van der Waals surface area contributed by atoms with Gasteiger partial charge in [-0.15, -0.1) is 0 Å². The first kappa shape index (κ1) is 13.2. The Morgan fingerprint density at radius 2 is 1.94 bits per heavy atom. The Balaban J connectivity index is 2.68. The van der Waals surface area contributed by atoms with Gasteiger partial charge >= 0.3 is 0 Å². The Morgan fingerprint density at radius 3 is 2.53 bits per heavy atom. The molecule has 0 aliphatic rings. The van der Waals surface area contributed by atoms with Gasteiger partial charge in [0.1, 0.15) is 0 Å². The van der Waals surface area contributed by atoms with Gasteiger partial charge in [-0.1, -0.05) is 30.8 Å². The number of rotatable bonds is 7. The third kappa shape index (κ3) is 3.87. The van der Waals surface area contributed by atoms with Crippen LogP contribution >= 0.6 is 0 Å². The number of hydrogen-bond acceptors (Lipinski definition) is 3. The van der Waals surface area contributed by atoms with Gasteiger partial charge in [0.25, 0.3) is 0 Å². The second-order valence-corrected chi connectivity index (χ2v) is 3.67. The van der Waals surface area contributed by atoms with Crippen molar-refractivity contribution in [1.82, 2.24) is 0 Å². The normalized spacial score (nSPS) is 9.71. The fourth-order valence-corrected chi connectivity index (χ4v) is 1.57. The second-order valence-electron chi connectivity index (χ2n) is 3.67. The molecular weight excluding hydrogens is 216 g/mol. The number of ether oxygens (including phenoxy) is 1. The summed E-state index contributed by atoms with van der Waals surface area (Å²) < 4.78 is 4.94. The van der Waals surface area contributed by atoms with Crippen LogP contribution in [0.5, 0.6) is 0 Å². The van der Waals surface area contributed by atoms with Crippen LogP contribution in [0.2, 0.25) is 0 Å². The van der Waals surface area contributed by atoms with Crippen LogP contribution in [0.3, 0.4) is 0 Å². The van der Waals surface area contributed by atoms with Gasteiger partial charge < -0.3 is 4.74 Å². The first-order valence-corrected chi connectivity index (χ1v) is 5.52. The Morgan fingerprint density at radius 1 is 1.29 bits per heavy atom. The van der Waals surface area contributed by atoms with E-state index < -0.39 is 0 Å². The van der Waals surface area contributed by atoms with Crippen molar-refractivity contribution >= 4 is 11.6 Å². The van der Waals surface area contributed by atoms with E-state index in [1.807, 2.05) is 0 Å². The van der Waals surface area contributed by atoms with Gasteiger partial charge in [-0.25, -0.2) is 0 Å². The fourth-order valence-electron chi connectivity index (χ4n) is 1.57. The minimum absolute atomic E-state index is 0.0246. The number of hydrogen-bond donors (Lipinski definition) is 0. The lowest BCUT2D eigenvalue weighted by atomic mass is 9.98. The number of Topliss-reactive ketones (excluding diaryl/α,β-unsaturated/α-hetero) is 2. The van der Waals surface area contributed by atoms with Gasteiger partial charge in [0.15, 0.2) is 11.6 Å². The van der Waals surface area contributed by atoms with E-state index in [-0.39, 0.29) is 11.6 Å². The van der Waals surface area contributed by atoms with E-state index in [2.05, 4.69) is 6.58 Å².